The van der Waals surface area contributed by atoms with Crippen molar-refractivity contribution in [2.75, 3.05) is 18.8 Å². The van der Waals surface area contributed by atoms with Gasteiger partial charge in [0.1, 0.15) is 4.34 Å². The van der Waals surface area contributed by atoms with Gasteiger partial charge >= 0.3 is 0 Å². The number of nitrogens with zero attached hydrogens (tertiary/aromatic N) is 1. The number of halogens is 1. The van der Waals surface area contributed by atoms with Gasteiger partial charge in [-0.05, 0) is 25.9 Å². The van der Waals surface area contributed by atoms with E-state index in [-0.39, 0.29) is 12.4 Å². The average molecular weight is 237 g/mol. The van der Waals surface area contributed by atoms with Crippen molar-refractivity contribution in [1.82, 2.24) is 10.3 Å². The maximum absolute atomic E-state index is 4.40. The van der Waals surface area contributed by atoms with Gasteiger partial charge in [0.15, 0.2) is 0 Å². The highest BCUT2D eigenvalue weighted by Gasteiger charge is 2.16. The second-order valence-corrected chi connectivity index (χ2v) is 5.22. The van der Waals surface area contributed by atoms with Gasteiger partial charge in [0.05, 0.1) is 0 Å². The van der Waals surface area contributed by atoms with E-state index in [0.717, 1.165) is 11.6 Å². The molecule has 0 radical (unpaired) electrons. The predicted molar refractivity (Wildman–Crippen MR) is 61.2 cm³/mol. The lowest BCUT2D eigenvalue weighted by Gasteiger charge is -2.25. The van der Waals surface area contributed by atoms with Gasteiger partial charge in [0.2, 0.25) is 0 Å². The fourth-order valence-electron chi connectivity index (χ4n) is 1.05. The van der Waals surface area contributed by atoms with Crippen LogP contribution in [-0.4, -0.2) is 23.8 Å². The minimum absolute atomic E-state index is 0. The maximum atomic E-state index is 4.40. The first-order valence-corrected chi connectivity index (χ1v) is 5.97. The Bertz CT molecular complexity index is 260. The molecule has 1 aliphatic rings. The Labute approximate surface area is 92.9 Å². The molecule has 2 heterocycles. The largest absolute Gasteiger partial charge is 0.316 e. The smallest absolute Gasteiger partial charge is 0.150 e. The molecular weight excluding hydrogens is 224 g/mol. The molecule has 74 valence electrons. The van der Waals surface area contributed by atoms with Crippen molar-refractivity contribution in [2.45, 2.75) is 11.3 Å². The van der Waals surface area contributed by atoms with Gasteiger partial charge in [-0.25, -0.2) is 4.98 Å². The zero-order valence-electron chi connectivity index (χ0n) is 7.45. The van der Waals surface area contributed by atoms with Gasteiger partial charge in [-0.1, -0.05) is 11.8 Å². The van der Waals surface area contributed by atoms with Crippen LogP contribution in [0, 0.1) is 12.8 Å². The Morgan fingerprint density at radius 3 is 2.92 bits per heavy atom. The van der Waals surface area contributed by atoms with Crippen LogP contribution in [0.4, 0.5) is 0 Å². The van der Waals surface area contributed by atoms with E-state index in [1.165, 1.54) is 23.2 Å². The molecule has 1 aliphatic heterocycles. The third kappa shape index (κ3) is 3.13. The Hall–Kier alpha value is 0.230. The third-order valence-corrected chi connectivity index (χ3v) is 4.28. The van der Waals surface area contributed by atoms with Gasteiger partial charge in [-0.3, -0.25) is 0 Å². The standard InChI is InChI=1S/C8H12N2S2.ClH/c1-6-4-11-8(10-6)12-5-7-2-9-3-7;/h4,7,9H,2-3,5H2,1H3;1H. The van der Waals surface area contributed by atoms with Crippen LogP contribution in [0.5, 0.6) is 0 Å². The molecule has 1 N–H and O–H groups in total. The van der Waals surface area contributed by atoms with Gasteiger partial charge in [0, 0.05) is 16.8 Å². The van der Waals surface area contributed by atoms with Crippen molar-refractivity contribution < 1.29 is 0 Å². The van der Waals surface area contributed by atoms with Gasteiger partial charge in [-0.2, -0.15) is 0 Å². The molecular formula is C8H13ClN2S2. The van der Waals surface area contributed by atoms with Crippen molar-refractivity contribution in [1.29, 1.82) is 0 Å². The number of nitrogens with one attached hydrogen (secondary N) is 1. The number of rotatable bonds is 3. The maximum Gasteiger partial charge on any atom is 0.150 e. The molecule has 0 spiro atoms. The number of hydrogen-bond donors (Lipinski definition) is 1. The van der Waals surface area contributed by atoms with Crippen molar-refractivity contribution in [2.24, 2.45) is 5.92 Å². The molecule has 1 aromatic rings. The Morgan fingerprint density at radius 1 is 1.69 bits per heavy atom. The molecule has 13 heavy (non-hydrogen) atoms. The normalized spacial score (nSPS) is 16.4. The Morgan fingerprint density at radius 2 is 2.46 bits per heavy atom. The van der Waals surface area contributed by atoms with E-state index in [9.17, 15) is 0 Å². The van der Waals surface area contributed by atoms with Crippen LogP contribution in [0.2, 0.25) is 0 Å². The number of aromatic nitrogens is 1. The molecule has 1 saturated heterocycles. The Balaban J connectivity index is 0.000000845. The summed E-state index contributed by atoms with van der Waals surface area (Å²) in [5.74, 6) is 2.10. The molecule has 0 bridgehead atoms. The van der Waals surface area contributed by atoms with Crippen LogP contribution in [0.1, 0.15) is 5.69 Å². The zero-order chi connectivity index (χ0) is 8.39. The zero-order valence-corrected chi connectivity index (χ0v) is 9.90. The molecule has 0 amide bonds. The second-order valence-electron chi connectivity index (χ2n) is 3.09. The lowest BCUT2D eigenvalue weighted by atomic mass is 10.1. The SMILES string of the molecule is Cc1csc(SCC2CNC2)n1.Cl. The molecule has 0 atom stereocenters. The number of hydrogen-bond acceptors (Lipinski definition) is 4. The highest BCUT2D eigenvalue weighted by atomic mass is 35.5. The predicted octanol–water partition coefficient (Wildman–Crippen LogP) is 2.18. The molecule has 0 unspecified atom stereocenters. The van der Waals surface area contributed by atoms with Crippen molar-refractivity contribution in [3.8, 4) is 0 Å². The molecule has 5 heteroatoms. The fraction of sp³-hybridized carbons (Fsp3) is 0.625. The fourth-order valence-corrected chi connectivity index (χ4v) is 3.02. The molecule has 1 fully saturated rings. The minimum Gasteiger partial charge on any atom is -0.316 e. The summed E-state index contributed by atoms with van der Waals surface area (Å²) in [7, 11) is 0. The van der Waals surface area contributed by atoms with Crippen molar-refractivity contribution in [3.05, 3.63) is 11.1 Å². The highest BCUT2D eigenvalue weighted by molar-refractivity contribution is 8.01. The van der Waals surface area contributed by atoms with E-state index in [1.54, 1.807) is 11.3 Å². The van der Waals surface area contributed by atoms with Gasteiger partial charge < -0.3 is 5.32 Å². The first-order chi connectivity index (χ1) is 5.84. The van der Waals surface area contributed by atoms with Crippen molar-refractivity contribution >= 4 is 35.5 Å². The van der Waals surface area contributed by atoms with E-state index in [0.29, 0.717) is 0 Å². The molecule has 2 rings (SSSR count). The van der Waals surface area contributed by atoms with E-state index < -0.39 is 0 Å². The number of thiazole rings is 1. The molecule has 0 aromatic carbocycles. The third-order valence-electron chi connectivity index (χ3n) is 1.91. The summed E-state index contributed by atoms with van der Waals surface area (Å²) < 4.78 is 1.22. The van der Waals surface area contributed by atoms with E-state index >= 15 is 0 Å². The summed E-state index contributed by atoms with van der Waals surface area (Å²) >= 11 is 3.65. The van der Waals surface area contributed by atoms with Crippen LogP contribution in [0.3, 0.4) is 0 Å². The minimum atomic E-state index is 0. The summed E-state index contributed by atoms with van der Waals surface area (Å²) in [5, 5.41) is 5.38. The molecule has 0 aliphatic carbocycles. The molecule has 0 saturated carbocycles. The van der Waals surface area contributed by atoms with Crippen LogP contribution in [0.25, 0.3) is 0 Å². The van der Waals surface area contributed by atoms with E-state index in [4.69, 9.17) is 0 Å². The van der Waals surface area contributed by atoms with Crippen LogP contribution in [0.15, 0.2) is 9.72 Å². The highest BCUT2D eigenvalue weighted by Crippen LogP contribution is 2.25. The summed E-state index contributed by atoms with van der Waals surface area (Å²) in [6.07, 6.45) is 0. The molecule has 1 aromatic heterocycles. The second kappa shape index (κ2) is 5.20. The van der Waals surface area contributed by atoms with E-state index in [1.807, 2.05) is 18.7 Å². The van der Waals surface area contributed by atoms with Crippen LogP contribution >= 0.6 is 35.5 Å². The monoisotopic (exact) mass is 236 g/mol. The first-order valence-electron chi connectivity index (χ1n) is 4.10. The van der Waals surface area contributed by atoms with E-state index in [2.05, 4.69) is 15.7 Å². The average Bonchev–Trinajstić information content (AvgIpc) is 2.32. The quantitative estimate of drug-likeness (QED) is 0.815. The number of thioether (sulfide) groups is 1. The lowest BCUT2D eigenvalue weighted by Crippen LogP contribution is -2.43. The van der Waals surface area contributed by atoms with Crippen molar-refractivity contribution in [3.63, 3.8) is 0 Å². The van der Waals surface area contributed by atoms with Crippen LogP contribution < -0.4 is 5.32 Å². The Kier molecular flexibility index (Phi) is 4.52. The summed E-state index contributed by atoms with van der Waals surface area (Å²) in [6, 6.07) is 0. The molecule has 2 nitrogen and oxygen atoms in total. The number of aryl methyl sites for hydroxylation is 1. The van der Waals surface area contributed by atoms with Gasteiger partial charge in [-0.15, -0.1) is 23.7 Å². The topological polar surface area (TPSA) is 24.9 Å². The summed E-state index contributed by atoms with van der Waals surface area (Å²) in [4.78, 5) is 4.40. The first kappa shape index (κ1) is 11.3. The van der Waals surface area contributed by atoms with Crippen LogP contribution in [-0.2, 0) is 0 Å². The summed E-state index contributed by atoms with van der Waals surface area (Å²) in [5.41, 5.74) is 1.15. The van der Waals surface area contributed by atoms with Gasteiger partial charge in [0.25, 0.3) is 0 Å². The lowest BCUT2D eigenvalue weighted by molar-refractivity contribution is 0.385. The summed E-state index contributed by atoms with van der Waals surface area (Å²) in [6.45, 7) is 4.43.